The quantitative estimate of drug-likeness (QED) is 0.925. The molecule has 0 saturated carbocycles. The highest BCUT2D eigenvalue weighted by atomic mass is 79.9. The molecule has 0 aliphatic carbocycles. The summed E-state index contributed by atoms with van der Waals surface area (Å²) in [6.07, 6.45) is 0. The summed E-state index contributed by atoms with van der Waals surface area (Å²) >= 11 is 3.40. The minimum atomic E-state index is -0.229. The molecular formula is C15H15BrFNO. The Balaban J connectivity index is 2.14. The maximum Gasteiger partial charge on any atom is 0.124 e. The zero-order valence-corrected chi connectivity index (χ0v) is 12.2. The van der Waals surface area contributed by atoms with Gasteiger partial charge in [-0.3, -0.25) is 0 Å². The van der Waals surface area contributed by atoms with Crippen molar-refractivity contribution in [3.05, 3.63) is 63.4 Å². The number of aryl methyl sites for hydroxylation is 1. The Morgan fingerprint density at radius 2 is 1.95 bits per heavy atom. The molecule has 0 aromatic heterocycles. The number of halogens is 2. The summed E-state index contributed by atoms with van der Waals surface area (Å²) in [5.41, 5.74) is 8.47. The summed E-state index contributed by atoms with van der Waals surface area (Å²) < 4.78 is 19.7. The van der Waals surface area contributed by atoms with Gasteiger partial charge >= 0.3 is 0 Å². The van der Waals surface area contributed by atoms with Crippen molar-refractivity contribution < 1.29 is 9.13 Å². The largest absolute Gasteiger partial charge is 0.489 e. The molecule has 0 saturated heterocycles. The highest BCUT2D eigenvalue weighted by molar-refractivity contribution is 9.10. The molecule has 0 radical (unpaired) electrons. The molecule has 2 aromatic rings. The van der Waals surface area contributed by atoms with E-state index in [4.69, 9.17) is 10.5 Å². The standard InChI is InChI=1S/C15H15BrFNO/c1-10-6-14(17)4-2-11(10)9-19-15-5-3-13(16)7-12(15)8-18/h2-7H,8-9,18H2,1H3. The molecule has 2 nitrogen and oxygen atoms in total. The van der Waals surface area contributed by atoms with Crippen LogP contribution in [0.1, 0.15) is 16.7 Å². The normalized spacial score (nSPS) is 10.5. The minimum Gasteiger partial charge on any atom is -0.489 e. The topological polar surface area (TPSA) is 35.2 Å². The van der Waals surface area contributed by atoms with E-state index >= 15 is 0 Å². The van der Waals surface area contributed by atoms with Crippen LogP contribution < -0.4 is 10.5 Å². The smallest absolute Gasteiger partial charge is 0.124 e. The second-order valence-corrected chi connectivity index (χ2v) is 5.23. The molecule has 0 heterocycles. The van der Waals surface area contributed by atoms with Gasteiger partial charge in [-0.1, -0.05) is 22.0 Å². The van der Waals surface area contributed by atoms with Gasteiger partial charge in [-0.15, -0.1) is 0 Å². The number of hydrogen-bond donors (Lipinski definition) is 1. The number of hydrogen-bond acceptors (Lipinski definition) is 2. The molecule has 0 bridgehead atoms. The lowest BCUT2D eigenvalue weighted by Gasteiger charge is -2.12. The first-order chi connectivity index (χ1) is 9.10. The predicted octanol–water partition coefficient (Wildman–Crippen LogP) is 3.93. The van der Waals surface area contributed by atoms with Crippen molar-refractivity contribution in [3.8, 4) is 5.75 Å². The predicted molar refractivity (Wildman–Crippen MR) is 77.5 cm³/mol. The van der Waals surface area contributed by atoms with Crippen LogP contribution in [0.4, 0.5) is 4.39 Å². The van der Waals surface area contributed by atoms with Crippen molar-refractivity contribution in [3.63, 3.8) is 0 Å². The first-order valence-electron chi connectivity index (χ1n) is 5.96. The van der Waals surface area contributed by atoms with Gasteiger partial charge in [-0.05, 0) is 48.4 Å². The van der Waals surface area contributed by atoms with E-state index in [1.165, 1.54) is 12.1 Å². The molecule has 100 valence electrons. The average molecular weight is 324 g/mol. The molecule has 0 spiro atoms. The Kier molecular flexibility index (Phi) is 4.56. The van der Waals surface area contributed by atoms with Gasteiger partial charge in [0.1, 0.15) is 18.2 Å². The summed E-state index contributed by atoms with van der Waals surface area (Å²) in [6.45, 7) is 2.69. The molecule has 4 heteroatoms. The molecule has 0 fully saturated rings. The molecule has 2 aromatic carbocycles. The number of benzene rings is 2. The van der Waals surface area contributed by atoms with E-state index < -0.39 is 0 Å². The second kappa shape index (κ2) is 6.17. The summed E-state index contributed by atoms with van der Waals surface area (Å²) in [4.78, 5) is 0. The molecule has 19 heavy (non-hydrogen) atoms. The molecule has 0 unspecified atom stereocenters. The molecule has 2 rings (SSSR count). The fourth-order valence-corrected chi connectivity index (χ4v) is 2.23. The molecule has 0 aliphatic heterocycles. The van der Waals surface area contributed by atoms with Crippen LogP contribution in [-0.2, 0) is 13.2 Å². The van der Waals surface area contributed by atoms with Crippen molar-refractivity contribution in [1.29, 1.82) is 0 Å². The van der Waals surface area contributed by atoms with Crippen LogP contribution in [0.2, 0.25) is 0 Å². The number of ether oxygens (including phenoxy) is 1. The van der Waals surface area contributed by atoms with Crippen LogP contribution in [0, 0.1) is 12.7 Å². The fourth-order valence-electron chi connectivity index (χ4n) is 1.83. The maximum atomic E-state index is 13.0. The molecule has 0 amide bonds. The summed E-state index contributed by atoms with van der Waals surface area (Å²) in [7, 11) is 0. The van der Waals surface area contributed by atoms with Gasteiger partial charge in [0.05, 0.1) is 0 Å². The first-order valence-corrected chi connectivity index (χ1v) is 6.76. The van der Waals surface area contributed by atoms with Crippen molar-refractivity contribution in [2.45, 2.75) is 20.1 Å². The van der Waals surface area contributed by atoms with E-state index in [0.29, 0.717) is 13.2 Å². The Morgan fingerprint density at radius 3 is 2.63 bits per heavy atom. The van der Waals surface area contributed by atoms with Crippen LogP contribution in [0.3, 0.4) is 0 Å². The van der Waals surface area contributed by atoms with Crippen LogP contribution in [0.5, 0.6) is 5.75 Å². The van der Waals surface area contributed by atoms with Gasteiger partial charge in [-0.2, -0.15) is 0 Å². The summed E-state index contributed by atoms with van der Waals surface area (Å²) in [5.74, 6) is 0.530. The average Bonchev–Trinajstić information content (AvgIpc) is 2.39. The first kappa shape index (κ1) is 14.0. The van der Waals surface area contributed by atoms with Gasteiger partial charge in [-0.25, -0.2) is 4.39 Å². The van der Waals surface area contributed by atoms with Crippen molar-refractivity contribution in [1.82, 2.24) is 0 Å². The molecule has 0 aliphatic rings. The Hall–Kier alpha value is -1.39. The Morgan fingerprint density at radius 1 is 1.16 bits per heavy atom. The molecule has 2 N–H and O–H groups in total. The summed E-state index contributed by atoms with van der Waals surface area (Å²) in [5, 5.41) is 0. The lowest BCUT2D eigenvalue weighted by atomic mass is 10.1. The van der Waals surface area contributed by atoms with Gasteiger partial charge in [0.15, 0.2) is 0 Å². The van der Waals surface area contributed by atoms with Crippen molar-refractivity contribution >= 4 is 15.9 Å². The van der Waals surface area contributed by atoms with Crippen LogP contribution >= 0.6 is 15.9 Å². The molecular weight excluding hydrogens is 309 g/mol. The maximum absolute atomic E-state index is 13.0. The van der Waals surface area contributed by atoms with Crippen LogP contribution in [-0.4, -0.2) is 0 Å². The zero-order chi connectivity index (χ0) is 13.8. The van der Waals surface area contributed by atoms with Crippen molar-refractivity contribution in [2.24, 2.45) is 5.73 Å². The fraction of sp³-hybridized carbons (Fsp3) is 0.200. The third-order valence-corrected chi connectivity index (χ3v) is 3.42. The third kappa shape index (κ3) is 3.55. The van der Waals surface area contributed by atoms with E-state index in [0.717, 1.165) is 26.9 Å². The van der Waals surface area contributed by atoms with Gasteiger partial charge in [0.25, 0.3) is 0 Å². The summed E-state index contributed by atoms with van der Waals surface area (Å²) in [6, 6.07) is 10.4. The second-order valence-electron chi connectivity index (χ2n) is 4.32. The van der Waals surface area contributed by atoms with Gasteiger partial charge < -0.3 is 10.5 Å². The Labute approximate surface area is 120 Å². The lowest BCUT2D eigenvalue weighted by Crippen LogP contribution is -2.03. The lowest BCUT2D eigenvalue weighted by molar-refractivity contribution is 0.302. The molecule has 0 atom stereocenters. The SMILES string of the molecule is Cc1cc(F)ccc1COc1ccc(Br)cc1CN. The number of nitrogens with two attached hydrogens (primary N) is 1. The minimum absolute atomic E-state index is 0.229. The van der Waals surface area contributed by atoms with E-state index in [1.54, 1.807) is 6.07 Å². The van der Waals surface area contributed by atoms with E-state index in [-0.39, 0.29) is 5.82 Å². The van der Waals surface area contributed by atoms with E-state index in [1.807, 2.05) is 25.1 Å². The van der Waals surface area contributed by atoms with E-state index in [2.05, 4.69) is 15.9 Å². The van der Waals surface area contributed by atoms with Gasteiger partial charge in [0.2, 0.25) is 0 Å². The highest BCUT2D eigenvalue weighted by Crippen LogP contribution is 2.24. The van der Waals surface area contributed by atoms with Crippen molar-refractivity contribution in [2.75, 3.05) is 0 Å². The number of rotatable bonds is 4. The van der Waals surface area contributed by atoms with Crippen LogP contribution in [0.15, 0.2) is 40.9 Å². The van der Waals surface area contributed by atoms with Crippen LogP contribution in [0.25, 0.3) is 0 Å². The highest BCUT2D eigenvalue weighted by Gasteiger charge is 2.05. The Bertz CT molecular complexity index is 586. The monoisotopic (exact) mass is 323 g/mol. The van der Waals surface area contributed by atoms with Gasteiger partial charge in [0, 0.05) is 16.6 Å². The third-order valence-electron chi connectivity index (χ3n) is 2.93. The zero-order valence-electron chi connectivity index (χ0n) is 10.6. The van der Waals surface area contributed by atoms with E-state index in [9.17, 15) is 4.39 Å².